The second-order valence-electron chi connectivity index (χ2n) is 7.57. The summed E-state index contributed by atoms with van der Waals surface area (Å²) in [6, 6.07) is 11.6. The average molecular weight is 462 g/mol. The van der Waals surface area contributed by atoms with Crippen molar-refractivity contribution in [2.75, 3.05) is 18.2 Å². The Morgan fingerprint density at radius 2 is 1.91 bits per heavy atom. The minimum atomic E-state index is -0.252. The third-order valence-corrected chi connectivity index (χ3v) is 6.34. The van der Waals surface area contributed by atoms with Gasteiger partial charge >= 0.3 is 0 Å². The Labute approximate surface area is 195 Å². The van der Waals surface area contributed by atoms with Crippen molar-refractivity contribution in [1.29, 1.82) is 5.26 Å². The monoisotopic (exact) mass is 461 g/mol. The Kier molecular flexibility index (Phi) is 6.07. The van der Waals surface area contributed by atoms with Crippen molar-refractivity contribution >= 4 is 29.3 Å². The molecule has 4 aromatic rings. The van der Waals surface area contributed by atoms with E-state index in [4.69, 9.17) is 4.74 Å². The van der Waals surface area contributed by atoms with E-state index in [1.165, 1.54) is 11.8 Å². The molecule has 0 aliphatic rings. The van der Waals surface area contributed by atoms with Crippen LogP contribution in [0, 0.1) is 39.0 Å². The van der Waals surface area contributed by atoms with E-state index in [-0.39, 0.29) is 11.7 Å². The fourth-order valence-electron chi connectivity index (χ4n) is 3.71. The molecule has 0 spiro atoms. The second-order valence-corrected chi connectivity index (χ2v) is 8.52. The van der Waals surface area contributed by atoms with Gasteiger partial charge in [0.2, 0.25) is 5.91 Å². The molecule has 1 amide bonds. The van der Waals surface area contributed by atoms with Crippen LogP contribution >= 0.6 is 11.8 Å². The third-order valence-electron chi connectivity index (χ3n) is 5.41. The number of methoxy groups -OCH3 is 1. The zero-order valence-corrected chi connectivity index (χ0v) is 19.8. The molecule has 0 atom stereocenters. The van der Waals surface area contributed by atoms with Crippen molar-refractivity contribution in [3.05, 3.63) is 58.5 Å². The maximum Gasteiger partial charge on any atom is 0.256 e. The summed E-state index contributed by atoms with van der Waals surface area (Å²) in [5.41, 5.74) is 4.75. The van der Waals surface area contributed by atoms with E-state index in [0.717, 1.165) is 34.1 Å². The quantitative estimate of drug-likeness (QED) is 0.435. The van der Waals surface area contributed by atoms with Gasteiger partial charge < -0.3 is 10.1 Å². The van der Waals surface area contributed by atoms with Crippen LogP contribution in [-0.2, 0) is 4.79 Å². The largest absolute Gasteiger partial charge is 0.497 e. The van der Waals surface area contributed by atoms with E-state index in [1.54, 1.807) is 7.11 Å². The fourth-order valence-corrected chi connectivity index (χ4v) is 4.49. The number of nitrogens with zero attached hydrogens (tertiary/aromatic N) is 6. The lowest BCUT2D eigenvalue weighted by Gasteiger charge is -2.13. The number of aromatic nitrogens is 5. The van der Waals surface area contributed by atoms with Gasteiger partial charge in [0.1, 0.15) is 17.6 Å². The number of aryl methyl sites for hydroxylation is 2. The van der Waals surface area contributed by atoms with Crippen molar-refractivity contribution in [3.8, 4) is 17.5 Å². The maximum absolute atomic E-state index is 12.9. The number of rotatable bonds is 6. The molecule has 3 heterocycles. The van der Waals surface area contributed by atoms with Gasteiger partial charge in [0.15, 0.2) is 5.16 Å². The van der Waals surface area contributed by atoms with Gasteiger partial charge in [-0.15, -0.1) is 10.2 Å². The number of fused-ring (bicyclic) bond motifs is 1. The molecule has 4 rings (SSSR count). The first-order valence-electron chi connectivity index (χ1n) is 10.2. The zero-order valence-electron chi connectivity index (χ0n) is 19.0. The van der Waals surface area contributed by atoms with Gasteiger partial charge in [0, 0.05) is 22.8 Å². The second kappa shape index (κ2) is 8.96. The number of benzene rings is 1. The lowest BCUT2D eigenvalue weighted by molar-refractivity contribution is -0.113. The van der Waals surface area contributed by atoms with Gasteiger partial charge in [-0.05, 0) is 63.6 Å². The topological polar surface area (TPSA) is 110 Å². The molecule has 168 valence electrons. The lowest BCUT2D eigenvalue weighted by Crippen LogP contribution is -2.18. The predicted molar refractivity (Wildman–Crippen MR) is 126 cm³/mol. The summed E-state index contributed by atoms with van der Waals surface area (Å²) in [6.07, 6.45) is 0. The third kappa shape index (κ3) is 4.15. The van der Waals surface area contributed by atoms with Gasteiger partial charge in [0.05, 0.1) is 18.4 Å². The molecule has 0 bridgehead atoms. The molecular formula is C23H23N7O2S. The molecule has 0 aliphatic carbocycles. The number of carbonyl (C=O) groups excluding carboxylic acids is 1. The summed E-state index contributed by atoms with van der Waals surface area (Å²) in [4.78, 5) is 17.3. The van der Waals surface area contributed by atoms with Gasteiger partial charge in [-0.1, -0.05) is 11.8 Å². The molecular weight excluding hydrogens is 438 g/mol. The van der Waals surface area contributed by atoms with Gasteiger partial charge in [0.25, 0.3) is 5.78 Å². The van der Waals surface area contributed by atoms with Crippen LogP contribution in [0.1, 0.15) is 28.2 Å². The van der Waals surface area contributed by atoms with E-state index in [1.807, 2.05) is 67.0 Å². The molecule has 0 radical (unpaired) electrons. The first kappa shape index (κ1) is 22.4. The highest BCUT2D eigenvalue weighted by Crippen LogP contribution is 2.31. The van der Waals surface area contributed by atoms with Crippen LogP contribution in [0.5, 0.6) is 5.75 Å². The van der Waals surface area contributed by atoms with E-state index < -0.39 is 0 Å². The Morgan fingerprint density at radius 1 is 1.18 bits per heavy atom. The molecule has 1 N–H and O–H groups in total. The Bertz CT molecular complexity index is 1400. The molecule has 33 heavy (non-hydrogen) atoms. The van der Waals surface area contributed by atoms with Crippen LogP contribution in [0.25, 0.3) is 11.5 Å². The van der Waals surface area contributed by atoms with E-state index >= 15 is 0 Å². The number of hydrogen-bond acceptors (Lipinski definition) is 7. The highest BCUT2D eigenvalue weighted by Gasteiger charge is 2.21. The normalized spacial score (nSPS) is 10.9. The molecule has 9 nitrogen and oxygen atoms in total. The van der Waals surface area contributed by atoms with Crippen LogP contribution in [-0.4, -0.2) is 42.9 Å². The Morgan fingerprint density at radius 3 is 2.58 bits per heavy atom. The average Bonchev–Trinajstić information content (AvgIpc) is 3.31. The van der Waals surface area contributed by atoms with E-state index in [0.29, 0.717) is 22.3 Å². The van der Waals surface area contributed by atoms with Crippen LogP contribution in [0.3, 0.4) is 0 Å². The fraction of sp³-hybridized carbons (Fsp3) is 0.261. The molecule has 0 unspecified atom stereocenters. The number of ether oxygens (including phenoxy) is 1. The number of anilines is 1. The van der Waals surface area contributed by atoms with Crippen LogP contribution < -0.4 is 10.1 Å². The number of carbonyl (C=O) groups is 1. The smallest absolute Gasteiger partial charge is 0.256 e. The standard InChI is InChI=1S/C23H23N7O2S/c1-13-10-14(2)29-22(25-13)27-28-23(29)33-12-20(31)26-21-19(11-24)15(3)16(4)30(21)17-6-8-18(32-5)9-7-17/h6-10H,12H2,1-5H3,(H,26,31). The minimum Gasteiger partial charge on any atom is -0.497 e. The molecule has 0 saturated carbocycles. The molecule has 10 heteroatoms. The van der Waals surface area contributed by atoms with Crippen molar-refractivity contribution in [3.63, 3.8) is 0 Å². The van der Waals surface area contributed by atoms with Crippen LogP contribution in [0.4, 0.5) is 5.82 Å². The van der Waals surface area contributed by atoms with E-state index in [2.05, 4.69) is 26.6 Å². The molecule has 3 aromatic heterocycles. The molecule has 0 fully saturated rings. The highest BCUT2D eigenvalue weighted by atomic mass is 32.2. The minimum absolute atomic E-state index is 0.102. The van der Waals surface area contributed by atoms with Crippen LogP contribution in [0.2, 0.25) is 0 Å². The molecule has 1 aromatic carbocycles. The number of hydrogen-bond donors (Lipinski definition) is 1. The summed E-state index contributed by atoms with van der Waals surface area (Å²) in [7, 11) is 1.61. The van der Waals surface area contributed by atoms with Crippen molar-refractivity contribution < 1.29 is 9.53 Å². The summed E-state index contributed by atoms with van der Waals surface area (Å²) in [5.74, 6) is 1.52. The number of amides is 1. The zero-order chi connectivity index (χ0) is 23.7. The number of nitrogens with one attached hydrogen (secondary N) is 1. The van der Waals surface area contributed by atoms with Crippen LogP contribution in [0.15, 0.2) is 35.5 Å². The van der Waals surface area contributed by atoms with Gasteiger partial charge in [-0.3, -0.25) is 13.8 Å². The lowest BCUT2D eigenvalue weighted by atomic mass is 10.2. The SMILES string of the molecule is COc1ccc(-n2c(C)c(C)c(C#N)c2NC(=O)CSc2nnc3nc(C)cc(C)n23)cc1. The Balaban J connectivity index is 1.60. The first-order chi connectivity index (χ1) is 15.8. The first-order valence-corrected chi connectivity index (χ1v) is 11.2. The summed E-state index contributed by atoms with van der Waals surface area (Å²) < 4.78 is 8.94. The number of thioether (sulfide) groups is 1. The van der Waals surface area contributed by atoms with Gasteiger partial charge in [-0.2, -0.15) is 5.26 Å². The Hall–Kier alpha value is -3.84. The van der Waals surface area contributed by atoms with E-state index in [9.17, 15) is 10.1 Å². The number of nitriles is 1. The van der Waals surface area contributed by atoms with Gasteiger partial charge in [-0.25, -0.2) is 4.98 Å². The summed E-state index contributed by atoms with van der Waals surface area (Å²) in [6.45, 7) is 7.64. The van der Waals surface area contributed by atoms with Crippen molar-refractivity contribution in [2.24, 2.45) is 0 Å². The van der Waals surface area contributed by atoms with Crippen molar-refractivity contribution in [2.45, 2.75) is 32.9 Å². The molecule has 0 saturated heterocycles. The summed E-state index contributed by atoms with van der Waals surface area (Å²) in [5, 5.41) is 21.6. The highest BCUT2D eigenvalue weighted by molar-refractivity contribution is 7.99. The predicted octanol–water partition coefficient (Wildman–Crippen LogP) is 3.76. The molecule has 0 aliphatic heterocycles. The maximum atomic E-state index is 12.9. The van der Waals surface area contributed by atoms with Crippen molar-refractivity contribution in [1.82, 2.24) is 24.1 Å². The summed E-state index contributed by atoms with van der Waals surface area (Å²) >= 11 is 1.26.